The number of carbonyl (C=O) groups is 1. The molecule has 0 heterocycles. The average molecular weight is 206 g/mol. The third kappa shape index (κ3) is 2.01. The third-order valence-corrected chi connectivity index (χ3v) is 4.21. The Labute approximate surface area is 88.9 Å². The molecule has 1 aromatic carbocycles. The smallest absolute Gasteiger partial charge is 0.146 e. The fraction of sp³-hybridized carbons (Fsp3) is 0.417. The van der Waals surface area contributed by atoms with Crippen molar-refractivity contribution in [1.82, 2.24) is 0 Å². The van der Waals surface area contributed by atoms with Gasteiger partial charge in [-0.2, -0.15) is 0 Å². The first-order valence-electron chi connectivity index (χ1n) is 5.02. The number of ketones is 1. The van der Waals surface area contributed by atoms with Crippen molar-refractivity contribution in [2.24, 2.45) is 5.92 Å². The van der Waals surface area contributed by atoms with Gasteiger partial charge in [-0.05, 0) is 24.5 Å². The minimum absolute atomic E-state index is 0.192. The zero-order valence-corrected chi connectivity index (χ0v) is 9.09. The fourth-order valence-corrected chi connectivity index (χ4v) is 3.03. The van der Waals surface area contributed by atoms with Gasteiger partial charge in [-0.3, -0.25) is 4.79 Å². The third-order valence-electron chi connectivity index (χ3n) is 2.69. The second-order valence-electron chi connectivity index (χ2n) is 3.83. The summed E-state index contributed by atoms with van der Waals surface area (Å²) in [6.45, 7) is 2.17. The van der Waals surface area contributed by atoms with E-state index in [4.69, 9.17) is 0 Å². The van der Waals surface area contributed by atoms with Gasteiger partial charge in [0.1, 0.15) is 5.78 Å². The normalized spacial score (nSPS) is 26.8. The molecular formula is C12H14OS. The van der Waals surface area contributed by atoms with Gasteiger partial charge in [-0.25, -0.2) is 0 Å². The lowest BCUT2D eigenvalue weighted by Crippen LogP contribution is -2.14. The van der Waals surface area contributed by atoms with E-state index < -0.39 is 0 Å². The molecule has 1 aromatic rings. The monoisotopic (exact) mass is 206 g/mol. The maximum absolute atomic E-state index is 11.6. The Balaban J connectivity index is 2.07. The van der Waals surface area contributed by atoms with Crippen LogP contribution in [0.15, 0.2) is 35.2 Å². The average Bonchev–Trinajstić information content (AvgIpc) is 2.51. The maximum atomic E-state index is 11.6. The first-order chi connectivity index (χ1) is 6.77. The lowest BCUT2D eigenvalue weighted by molar-refractivity contribution is -0.117. The highest BCUT2D eigenvalue weighted by Gasteiger charge is 2.31. The van der Waals surface area contributed by atoms with Gasteiger partial charge >= 0.3 is 0 Å². The van der Waals surface area contributed by atoms with E-state index in [1.54, 1.807) is 11.8 Å². The van der Waals surface area contributed by atoms with Crippen LogP contribution in [0.3, 0.4) is 0 Å². The van der Waals surface area contributed by atoms with Gasteiger partial charge in [-0.15, -0.1) is 11.8 Å². The van der Waals surface area contributed by atoms with Crippen molar-refractivity contribution in [2.45, 2.75) is 29.9 Å². The van der Waals surface area contributed by atoms with Crippen LogP contribution >= 0.6 is 11.8 Å². The zero-order valence-electron chi connectivity index (χ0n) is 8.27. The van der Waals surface area contributed by atoms with Crippen LogP contribution in [-0.4, -0.2) is 11.0 Å². The van der Waals surface area contributed by atoms with Crippen LogP contribution in [0.4, 0.5) is 0 Å². The van der Waals surface area contributed by atoms with E-state index in [0.29, 0.717) is 11.7 Å². The van der Waals surface area contributed by atoms with E-state index in [9.17, 15) is 4.79 Å². The largest absolute Gasteiger partial charge is 0.298 e. The molecule has 14 heavy (non-hydrogen) atoms. The van der Waals surface area contributed by atoms with Crippen LogP contribution in [-0.2, 0) is 4.79 Å². The minimum Gasteiger partial charge on any atom is -0.298 e. The number of hydrogen-bond donors (Lipinski definition) is 0. The SMILES string of the molecule is CC1CCC(=O)[C@H]1Sc1ccccc1. The summed E-state index contributed by atoms with van der Waals surface area (Å²) in [4.78, 5) is 12.8. The minimum atomic E-state index is 0.192. The van der Waals surface area contributed by atoms with Gasteiger partial charge in [0.2, 0.25) is 0 Å². The van der Waals surface area contributed by atoms with Gasteiger partial charge in [0.05, 0.1) is 5.25 Å². The lowest BCUT2D eigenvalue weighted by Gasteiger charge is -2.12. The summed E-state index contributed by atoms with van der Waals surface area (Å²) < 4.78 is 0. The van der Waals surface area contributed by atoms with Gasteiger partial charge in [0.25, 0.3) is 0 Å². The van der Waals surface area contributed by atoms with E-state index >= 15 is 0 Å². The molecule has 1 unspecified atom stereocenters. The van der Waals surface area contributed by atoms with Crippen molar-refractivity contribution < 1.29 is 4.79 Å². The highest BCUT2D eigenvalue weighted by atomic mass is 32.2. The molecule has 0 aromatic heterocycles. The van der Waals surface area contributed by atoms with Crippen molar-refractivity contribution in [3.8, 4) is 0 Å². The molecule has 0 bridgehead atoms. The molecule has 2 heteroatoms. The Morgan fingerprint density at radius 1 is 1.29 bits per heavy atom. The molecule has 0 aliphatic heterocycles. The quantitative estimate of drug-likeness (QED) is 0.739. The summed E-state index contributed by atoms with van der Waals surface area (Å²) >= 11 is 1.72. The number of rotatable bonds is 2. The molecule has 0 saturated heterocycles. The molecule has 0 N–H and O–H groups in total. The molecule has 1 aliphatic carbocycles. The lowest BCUT2D eigenvalue weighted by atomic mass is 10.1. The molecule has 2 rings (SSSR count). The number of carbonyl (C=O) groups excluding carboxylic acids is 1. The van der Waals surface area contributed by atoms with Crippen molar-refractivity contribution in [3.05, 3.63) is 30.3 Å². The van der Waals surface area contributed by atoms with Crippen LogP contribution in [0, 0.1) is 5.92 Å². The molecule has 1 saturated carbocycles. The van der Waals surface area contributed by atoms with Crippen LogP contribution < -0.4 is 0 Å². The number of hydrogen-bond acceptors (Lipinski definition) is 2. The van der Waals surface area contributed by atoms with Crippen LogP contribution in [0.5, 0.6) is 0 Å². The van der Waals surface area contributed by atoms with E-state index in [0.717, 1.165) is 12.8 Å². The Morgan fingerprint density at radius 2 is 2.00 bits per heavy atom. The topological polar surface area (TPSA) is 17.1 Å². The molecule has 0 amide bonds. The van der Waals surface area contributed by atoms with Crippen molar-refractivity contribution in [3.63, 3.8) is 0 Å². The van der Waals surface area contributed by atoms with Crippen molar-refractivity contribution >= 4 is 17.5 Å². The first-order valence-corrected chi connectivity index (χ1v) is 5.90. The molecule has 1 fully saturated rings. The van der Waals surface area contributed by atoms with Gasteiger partial charge < -0.3 is 0 Å². The number of Topliss-reactive ketones (excluding diaryl/α,β-unsaturated/α-hetero) is 1. The summed E-state index contributed by atoms with van der Waals surface area (Å²) in [5.41, 5.74) is 0. The first kappa shape index (κ1) is 9.78. The van der Waals surface area contributed by atoms with Crippen molar-refractivity contribution in [2.75, 3.05) is 0 Å². The maximum Gasteiger partial charge on any atom is 0.146 e. The van der Waals surface area contributed by atoms with E-state index in [1.807, 2.05) is 18.2 Å². The van der Waals surface area contributed by atoms with Crippen molar-refractivity contribution in [1.29, 1.82) is 0 Å². The van der Waals surface area contributed by atoms with Gasteiger partial charge in [0, 0.05) is 11.3 Å². The molecule has 0 spiro atoms. The summed E-state index contributed by atoms with van der Waals surface area (Å²) in [5.74, 6) is 0.957. The fourth-order valence-electron chi connectivity index (χ4n) is 1.81. The van der Waals surface area contributed by atoms with E-state index in [-0.39, 0.29) is 5.25 Å². The van der Waals surface area contributed by atoms with Crippen LogP contribution in [0.2, 0.25) is 0 Å². The number of thioether (sulfide) groups is 1. The molecule has 1 nitrogen and oxygen atoms in total. The Kier molecular flexibility index (Phi) is 2.92. The summed E-state index contributed by atoms with van der Waals surface area (Å²) in [6, 6.07) is 10.2. The molecular weight excluding hydrogens is 192 g/mol. The van der Waals surface area contributed by atoms with Gasteiger partial charge in [-0.1, -0.05) is 25.1 Å². The predicted octanol–water partition coefficient (Wildman–Crippen LogP) is 3.15. The second-order valence-corrected chi connectivity index (χ2v) is 5.05. The second kappa shape index (κ2) is 4.18. The number of benzene rings is 1. The Morgan fingerprint density at radius 3 is 2.57 bits per heavy atom. The molecule has 74 valence electrons. The highest BCUT2D eigenvalue weighted by molar-refractivity contribution is 8.00. The van der Waals surface area contributed by atoms with Crippen LogP contribution in [0.1, 0.15) is 19.8 Å². The van der Waals surface area contributed by atoms with Gasteiger partial charge in [0.15, 0.2) is 0 Å². The summed E-state index contributed by atoms with van der Waals surface area (Å²) in [7, 11) is 0. The highest BCUT2D eigenvalue weighted by Crippen LogP contribution is 2.36. The standard InChI is InChI=1S/C12H14OS/c1-9-7-8-11(13)12(9)14-10-5-3-2-4-6-10/h2-6,9,12H,7-8H2,1H3/t9?,12-/m0/s1. The Bertz CT molecular complexity index is 320. The Hall–Kier alpha value is -0.760. The molecule has 2 atom stereocenters. The summed E-state index contributed by atoms with van der Waals surface area (Å²) in [5, 5.41) is 0.192. The van der Waals surface area contributed by atoms with Crippen LogP contribution in [0.25, 0.3) is 0 Å². The van der Waals surface area contributed by atoms with E-state index in [1.165, 1.54) is 4.90 Å². The predicted molar refractivity (Wildman–Crippen MR) is 59.5 cm³/mol. The molecule has 1 aliphatic rings. The van der Waals surface area contributed by atoms with E-state index in [2.05, 4.69) is 19.1 Å². The zero-order chi connectivity index (χ0) is 9.97. The molecule has 0 radical (unpaired) electrons. The summed E-state index contributed by atoms with van der Waals surface area (Å²) in [6.07, 6.45) is 1.83.